The maximum absolute atomic E-state index is 13.0. The van der Waals surface area contributed by atoms with E-state index >= 15 is 0 Å². The molecule has 0 amide bonds. The van der Waals surface area contributed by atoms with E-state index in [0.717, 1.165) is 25.0 Å². The normalized spacial score (nSPS) is 12.7. The van der Waals surface area contributed by atoms with Gasteiger partial charge in [0, 0.05) is 11.9 Å². The number of unbranched alkanes of at least 4 members (excludes halogenated alkanes) is 1. The second-order valence-corrected chi connectivity index (χ2v) is 4.07. The minimum absolute atomic E-state index is 0.0488. The molecule has 0 bridgehead atoms. The number of hydrogen-bond acceptors (Lipinski definition) is 1. The van der Waals surface area contributed by atoms with Gasteiger partial charge in [-0.25, -0.2) is 4.39 Å². The van der Waals surface area contributed by atoms with E-state index in [1.807, 2.05) is 6.07 Å². The van der Waals surface area contributed by atoms with Gasteiger partial charge in [-0.15, -0.1) is 0 Å². The van der Waals surface area contributed by atoms with Crippen molar-refractivity contribution in [2.45, 2.75) is 25.9 Å². The summed E-state index contributed by atoms with van der Waals surface area (Å²) in [6, 6.07) is 6.57. The zero-order valence-corrected chi connectivity index (χ0v) is 10.5. The van der Waals surface area contributed by atoms with Crippen molar-refractivity contribution >= 4 is 15.9 Å². The quantitative estimate of drug-likeness (QED) is 0.561. The first kappa shape index (κ1) is 12.7. The van der Waals surface area contributed by atoms with Gasteiger partial charge in [-0.1, -0.05) is 41.4 Å². The molecule has 1 unspecified atom stereocenters. The van der Waals surface area contributed by atoms with Crippen molar-refractivity contribution in [2.75, 3.05) is 11.9 Å². The number of hydrogen-bond donors (Lipinski definition) is 0. The largest absolute Gasteiger partial charge is 0.373 e. The Morgan fingerprint density at radius 3 is 2.87 bits per heavy atom. The summed E-state index contributed by atoms with van der Waals surface area (Å²) in [6.07, 6.45) is 2.10. The van der Waals surface area contributed by atoms with Crippen LogP contribution in [-0.2, 0) is 4.74 Å². The third kappa shape index (κ3) is 4.31. The third-order valence-electron chi connectivity index (χ3n) is 2.18. The first-order chi connectivity index (χ1) is 7.27. The number of alkyl halides is 1. The molecule has 0 aromatic heterocycles. The molecule has 0 aliphatic heterocycles. The lowest BCUT2D eigenvalue weighted by Gasteiger charge is -2.15. The van der Waals surface area contributed by atoms with Gasteiger partial charge in [-0.2, -0.15) is 0 Å². The van der Waals surface area contributed by atoms with Gasteiger partial charge in [-0.05, 0) is 24.1 Å². The van der Waals surface area contributed by atoms with Gasteiger partial charge >= 0.3 is 0 Å². The SMILES string of the molecule is CCCCOC(CBr)c1cccc(F)c1. The van der Waals surface area contributed by atoms with E-state index in [2.05, 4.69) is 22.9 Å². The highest BCUT2D eigenvalue weighted by molar-refractivity contribution is 9.09. The summed E-state index contributed by atoms with van der Waals surface area (Å²) in [6.45, 7) is 2.85. The second kappa shape index (κ2) is 6.96. The van der Waals surface area contributed by atoms with Crippen molar-refractivity contribution in [1.29, 1.82) is 0 Å². The van der Waals surface area contributed by atoms with E-state index in [9.17, 15) is 4.39 Å². The molecule has 0 spiro atoms. The zero-order valence-electron chi connectivity index (χ0n) is 8.88. The highest BCUT2D eigenvalue weighted by Gasteiger charge is 2.10. The van der Waals surface area contributed by atoms with Gasteiger partial charge in [0.2, 0.25) is 0 Å². The standard InChI is InChI=1S/C12H16BrFO/c1-2-3-7-15-12(9-13)10-5-4-6-11(14)8-10/h4-6,8,12H,2-3,7,9H2,1H3. The summed E-state index contributed by atoms with van der Waals surface area (Å²) in [7, 11) is 0. The molecular formula is C12H16BrFO. The lowest BCUT2D eigenvalue weighted by atomic mass is 10.1. The van der Waals surface area contributed by atoms with Gasteiger partial charge in [0.25, 0.3) is 0 Å². The third-order valence-corrected chi connectivity index (χ3v) is 2.77. The van der Waals surface area contributed by atoms with Crippen LogP contribution in [0.2, 0.25) is 0 Å². The summed E-state index contributed by atoms with van der Waals surface area (Å²) in [5.41, 5.74) is 0.892. The van der Waals surface area contributed by atoms with Crippen LogP contribution in [0.4, 0.5) is 4.39 Å². The van der Waals surface area contributed by atoms with Crippen LogP contribution in [0.25, 0.3) is 0 Å². The summed E-state index contributed by atoms with van der Waals surface area (Å²) < 4.78 is 18.6. The van der Waals surface area contributed by atoms with Crippen LogP contribution in [0.15, 0.2) is 24.3 Å². The number of rotatable bonds is 6. The summed E-state index contributed by atoms with van der Waals surface area (Å²) in [5.74, 6) is -0.211. The molecule has 0 heterocycles. The smallest absolute Gasteiger partial charge is 0.123 e. The molecule has 1 atom stereocenters. The van der Waals surface area contributed by atoms with Crippen molar-refractivity contribution in [3.05, 3.63) is 35.6 Å². The minimum Gasteiger partial charge on any atom is -0.373 e. The lowest BCUT2D eigenvalue weighted by molar-refractivity contribution is 0.0675. The Bertz CT molecular complexity index is 291. The van der Waals surface area contributed by atoms with Crippen molar-refractivity contribution in [3.63, 3.8) is 0 Å². The number of halogens is 2. The molecule has 0 saturated carbocycles. The fourth-order valence-corrected chi connectivity index (χ4v) is 1.87. The van der Waals surface area contributed by atoms with Crippen LogP contribution in [0, 0.1) is 5.82 Å². The van der Waals surface area contributed by atoms with Gasteiger partial charge in [0.1, 0.15) is 5.82 Å². The molecule has 0 radical (unpaired) electrons. The maximum Gasteiger partial charge on any atom is 0.123 e. The van der Waals surface area contributed by atoms with E-state index in [4.69, 9.17) is 4.74 Å². The fraction of sp³-hybridized carbons (Fsp3) is 0.500. The van der Waals surface area contributed by atoms with E-state index in [0.29, 0.717) is 5.33 Å². The Morgan fingerprint density at radius 2 is 2.27 bits per heavy atom. The van der Waals surface area contributed by atoms with Crippen LogP contribution >= 0.6 is 15.9 Å². The molecule has 0 fully saturated rings. The predicted molar refractivity (Wildman–Crippen MR) is 63.8 cm³/mol. The van der Waals surface area contributed by atoms with Gasteiger partial charge in [0.05, 0.1) is 6.10 Å². The second-order valence-electron chi connectivity index (χ2n) is 3.42. The van der Waals surface area contributed by atoms with Crippen LogP contribution in [0.5, 0.6) is 0 Å². The van der Waals surface area contributed by atoms with Crippen LogP contribution < -0.4 is 0 Å². The van der Waals surface area contributed by atoms with Gasteiger partial charge in [-0.3, -0.25) is 0 Å². The monoisotopic (exact) mass is 274 g/mol. The van der Waals surface area contributed by atoms with Gasteiger partial charge < -0.3 is 4.74 Å². The van der Waals surface area contributed by atoms with Crippen LogP contribution in [0.3, 0.4) is 0 Å². The Balaban J connectivity index is 2.57. The highest BCUT2D eigenvalue weighted by Crippen LogP contribution is 2.20. The summed E-state index contributed by atoms with van der Waals surface area (Å²) >= 11 is 3.38. The Labute approximate surface area is 98.8 Å². The average molecular weight is 275 g/mol. The van der Waals surface area contributed by atoms with Crippen molar-refractivity contribution in [3.8, 4) is 0 Å². The molecule has 0 aliphatic rings. The maximum atomic E-state index is 13.0. The van der Waals surface area contributed by atoms with Crippen molar-refractivity contribution in [1.82, 2.24) is 0 Å². The highest BCUT2D eigenvalue weighted by atomic mass is 79.9. The van der Waals surface area contributed by atoms with Crippen molar-refractivity contribution < 1.29 is 9.13 Å². The van der Waals surface area contributed by atoms with E-state index in [1.54, 1.807) is 6.07 Å². The summed E-state index contributed by atoms with van der Waals surface area (Å²) in [5, 5.41) is 0.695. The molecule has 1 nitrogen and oxygen atoms in total. The number of benzene rings is 1. The Hall–Kier alpha value is -0.410. The molecule has 3 heteroatoms. The lowest BCUT2D eigenvalue weighted by Crippen LogP contribution is -2.07. The molecule has 84 valence electrons. The molecule has 1 rings (SSSR count). The Morgan fingerprint density at radius 1 is 1.47 bits per heavy atom. The van der Waals surface area contributed by atoms with Crippen molar-refractivity contribution in [2.24, 2.45) is 0 Å². The minimum atomic E-state index is -0.211. The zero-order chi connectivity index (χ0) is 11.1. The fourth-order valence-electron chi connectivity index (χ4n) is 1.31. The van der Waals surface area contributed by atoms with Crippen LogP contribution in [0.1, 0.15) is 31.4 Å². The molecule has 0 saturated heterocycles. The molecule has 1 aromatic carbocycles. The van der Waals surface area contributed by atoms with E-state index in [1.165, 1.54) is 12.1 Å². The molecule has 15 heavy (non-hydrogen) atoms. The summed E-state index contributed by atoms with van der Waals surface area (Å²) in [4.78, 5) is 0. The molecule has 0 N–H and O–H groups in total. The topological polar surface area (TPSA) is 9.23 Å². The molecular weight excluding hydrogens is 259 g/mol. The van der Waals surface area contributed by atoms with Crippen LogP contribution in [-0.4, -0.2) is 11.9 Å². The van der Waals surface area contributed by atoms with Gasteiger partial charge in [0.15, 0.2) is 0 Å². The molecule has 1 aromatic rings. The first-order valence-corrected chi connectivity index (χ1v) is 6.33. The molecule has 0 aliphatic carbocycles. The Kier molecular flexibility index (Phi) is 5.88. The van der Waals surface area contributed by atoms with E-state index < -0.39 is 0 Å². The predicted octanol–water partition coefficient (Wildman–Crippen LogP) is 4.08. The van der Waals surface area contributed by atoms with E-state index in [-0.39, 0.29) is 11.9 Å². The average Bonchev–Trinajstić information content (AvgIpc) is 2.24. The first-order valence-electron chi connectivity index (χ1n) is 5.21. The number of ether oxygens (including phenoxy) is 1.